The van der Waals surface area contributed by atoms with E-state index in [1.807, 2.05) is 44.2 Å². The maximum atomic E-state index is 13.1. The van der Waals surface area contributed by atoms with E-state index in [4.69, 9.17) is 21.1 Å². The van der Waals surface area contributed by atoms with E-state index in [1.54, 1.807) is 24.0 Å². The number of carbonyl (C=O) groups excluding carboxylic acids is 2. The molecule has 0 aromatic heterocycles. The van der Waals surface area contributed by atoms with E-state index in [9.17, 15) is 9.59 Å². The van der Waals surface area contributed by atoms with Crippen molar-refractivity contribution in [2.24, 2.45) is 0 Å². The zero-order valence-electron chi connectivity index (χ0n) is 17.5. The zero-order chi connectivity index (χ0) is 21.7. The number of aryl methyl sites for hydroxylation is 1. The van der Waals surface area contributed by atoms with E-state index in [2.05, 4.69) is 5.32 Å². The maximum Gasteiger partial charge on any atom is 0.242 e. The van der Waals surface area contributed by atoms with E-state index in [0.717, 1.165) is 11.1 Å². The molecule has 2 aromatic rings. The quantitative estimate of drug-likeness (QED) is 0.688. The summed E-state index contributed by atoms with van der Waals surface area (Å²) in [6.45, 7) is 6.11. The molecular formula is C23H27ClN2O4. The van der Waals surface area contributed by atoms with Crippen LogP contribution in [0.25, 0.3) is 0 Å². The third-order valence-corrected chi connectivity index (χ3v) is 5.18. The minimum absolute atomic E-state index is 0.000988. The summed E-state index contributed by atoms with van der Waals surface area (Å²) in [5, 5.41) is 3.52. The first-order valence-electron chi connectivity index (χ1n) is 10.1. The Bertz CT molecular complexity index is 899. The van der Waals surface area contributed by atoms with E-state index in [0.29, 0.717) is 29.5 Å². The molecule has 0 radical (unpaired) electrons. The Labute approximate surface area is 182 Å². The van der Waals surface area contributed by atoms with Crippen molar-refractivity contribution in [1.82, 2.24) is 10.2 Å². The minimum Gasteiger partial charge on any atom is -0.454 e. The molecule has 0 bridgehead atoms. The Morgan fingerprint density at radius 1 is 1.03 bits per heavy atom. The smallest absolute Gasteiger partial charge is 0.242 e. The fraction of sp³-hybridized carbons (Fsp3) is 0.391. The molecule has 2 amide bonds. The molecule has 7 heteroatoms. The number of hydrogen-bond donors (Lipinski definition) is 1. The van der Waals surface area contributed by atoms with Gasteiger partial charge in [-0.25, -0.2) is 0 Å². The molecule has 6 nitrogen and oxygen atoms in total. The summed E-state index contributed by atoms with van der Waals surface area (Å²) in [5.41, 5.74) is 1.90. The first-order valence-corrected chi connectivity index (χ1v) is 10.4. The third-order valence-electron chi connectivity index (χ3n) is 4.93. The van der Waals surface area contributed by atoms with Gasteiger partial charge in [0, 0.05) is 24.0 Å². The van der Waals surface area contributed by atoms with Crippen molar-refractivity contribution >= 4 is 23.4 Å². The average molecular weight is 431 g/mol. The van der Waals surface area contributed by atoms with Gasteiger partial charge in [0.2, 0.25) is 18.6 Å². The fourth-order valence-electron chi connectivity index (χ4n) is 3.27. The second kappa shape index (κ2) is 9.85. The molecule has 1 aliphatic rings. The first-order chi connectivity index (χ1) is 14.3. The van der Waals surface area contributed by atoms with Gasteiger partial charge in [-0.2, -0.15) is 0 Å². The second-order valence-electron chi connectivity index (χ2n) is 7.67. The van der Waals surface area contributed by atoms with Crippen LogP contribution in [0, 0.1) is 0 Å². The lowest BCUT2D eigenvalue weighted by Crippen LogP contribution is -2.49. The van der Waals surface area contributed by atoms with Gasteiger partial charge in [0.05, 0.1) is 0 Å². The van der Waals surface area contributed by atoms with Crippen LogP contribution in [-0.2, 0) is 22.6 Å². The number of amides is 2. The Hall–Kier alpha value is -2.73. The van der Waals surface area contributed by atoms with Crippen LogP contribution in [0.3, 0.4) is 0 Å². The van der Waals surface area contributed by atoms with Crippen LogP contribution < -0.4 is 14.8 Å². The molecule has 0 fully saturated rings. The molecule has 3 rings (SSSR count). The van der Waals surface area contributed by atoms with Gasteiger partial charge in [0.1, 0.15) is 6.04 Å². The summed E-state index contributed by atoms with van der Waals surface area (Å²) in [6.07, 6.45) is 0.831. The van der Waals surface area contributed by atoms with Crippen LogP contribution in [-0.4, -0.2) is 35.6 Å². The van der Waals surface area contributed by atoms with Gasteiger partial charge >= 0.3 is 0 Å². The summed E-state index contributed by atoms with van der Waals surface area (Å²) in [5.74, 6) is 1.15. The predicted molar refractivity (Wildman–Crippen MR) is 116 cm³/mol. The number of carbonyl (C=O) groups is 2. The predicted octanol–water partition coefficient (Wildman–Crippen LogP) is 3.94. The number of ether oxygens (including phenoxy) is 2. The lowest BCUT2D eigenvalue weighted by Gasteiger charge is -2.29. The van der Waals surface area contributed by atoms with Crippen molar-refractivity contribution in [1.29, 1.82) is 0 Å². The van der Waals surface area contributed by atoms with Crippen LogP contribution in [0.1, 0.15) is 38.3 Å². The SMILES string of the molecule is CC(C)NC(=O)C(C)N(Cc1ccc(Cl)cc1)C(=O)CCc1ccc2c(c1)OCO2. The molecule has 1 atom stereocenters. The highest BCUT2D eigenvalue weighted by Crippen LogP contribution is 2.32. The molecule has 0 spiro atoms. The number of nitrogens with one attached hydrogen (secondary N) is 1. The lowest BCUT2D eigenvalue weighted by atomic mass is 10.1. The number of nitrogens with zero attached hydrogens (tertiary/aromatic N) is 1. The van der Waals surface area contributed by atoms with Gasteiger partial charge in [-0.1, -0.05) is 29.8 Å². The standard InChI is InChI=1S/C23H27ClN2O4/c1-15(2)25-23(28)16(3)26(13-18-4-8-19(24)9-5-18)22(27)11-7-17-6-10-20-21(12-17)30-14-29-20/h4-6,8-10,12,15-16H,7,11,13-14H2,1-3H3,(H,25,28). The topological polar surface area (TPSA) is 67.9 Å². The number of benzene rings is 2. The van der Waals surface area contributed by atoms with Gasteiger partial charge in [0.25, 0.3) is 0 Å². The van der Waals surface area contributed by atoms with Gasteiger partial charge < -0.3 is 19.7 Å². The summed E-state index contributed by atoms with van der Waals surface area (Å²) in [7, 11) is 0. The Morgan fingerprint density at radius 2 is 1.70 bits per heavy atom. The molecule has 0 saturated heterocycles. The molecular weight excluding hydrogens is 404 g/mol. The average Bonchev–Trinajstić information content (AvgIpc) is 3.18. The molecule has 1 heterocycles. The highest BCUT2D eigenvalue weighted by atomic mass is 35.5. The maximum absolute atomic E-state index is 13.1. The van der Waals surface area contributed by atoms with Crippen molar-refractivity contribution in [3.63, 3.8) is 0 Å². The summed E-state index contributed by atoms with van der Waals surface area (Å²) in [4.78, 5) is 27.3. The van der Waals surface area contributed by atoms with Gasteiger partial charge in [-0.05, 0) is 62.6 Å². The van der Waals surface area contributed by atoms with Crippen LogP contribution in [0.15, 0.2) is 42.5 Å². The van der Waals surface area contributed by atoms with Gasteiger partial charge in [-0.15, -0.1) is 0 Å². The number of hydrogen-bond acceptors (Lipinski definition) is 4. The van der Waals surface area contributed by atoms with E-state index in [-0.39, 0.29) is 31.1 Å². The molecule has 0 saturated carbocycles. The third kappa shape index (κ3) is 5.66. The van der Waals surface area contributed by atoms with Crippen LogP contribution in [0.5, 0.6) is 11.5 Å². The first kappa shape index (κ1) is 22.0. The largest absolute Gasteiger partial charge is 0.454 e. The molecule has 1 unspecified atom stereocenters. The van der Waals surface area contributed by atoms with E-state index >= 15 is 0 Å². The highest BCUT2D eigenvalue weighted by molar-refractivity contribution is 6.30. The number of halogens is 1. The highest BCUT2D eigenvalue weighted by Gasteiger charge is 2.26. The molecule has 1 aliphatic heterocycles. The van der Waals surface area contributed by atoms with Crippen LogP contribution in [0.2, 0.25) is 5.02 Å². The van der Waals surface area contributed by atoms with Crippen molar-refractivity contribution in [2.45, 2.75) is 52.2 Å². The molecule has 30 heavy (non-hydrogen) atoms. The monoisotopic (exact) mass is 430 g/mol. The van der Waals surface area contributed by atoms with E-state index in [1.165, 1.54) is 0 Å². The van der Waals surface area contributed by atoms with Crippen molar-refractivity contribution in [3.05, 3.63) is 58.6 Å². The minimum atomic E-state index is -0.590. The second-order valence-corrected chi connectivity index (χ2v) is 8.11. The molecule has 1 N–H and O–H groups in total. The Kier molecular flexibility index (Phi) is 7.21. The van der Waals surface area contributed by atoms with Gasteiger partial charge in [0.15, 0.2) is 11.5 Å². The van der Waals surface area contributed by atoms with Gasteiger partial charge in [-0.3, -0.25) is 9.59 Å². The molecule has 2 aromatic carbocycles. The summed E-state index contributed by atoms with van der Waals surface area (Å²) in [6, 6.07) is 12.4. The Balaban J connectivity index is 1.71. The van der Waals surface area contributed by atoms with Crippen molar-refractivity contribution in [2.75, 3.05) is 6.79 Å². The Morgan fingerprint density at radius 3 is 2.40 bits per heavy atom. The zero-order valence-corrected chi connectivity index (χ0v) is 18.2. The molecule has 160 valence electrons. The van der Waals surface area contributed by atoms with Crippen molar-refractivity contribution in [3.8, 4) is 11.5 Å². The summed E-state index contributed by atoms with van der Waals surface area (Å²) >= 11 is 5.98. The number of rotatable bonds is 8. The van der Waals surface area contributed by atoms with Crippen molar-refractivity contribution < 1.29 is 19.1 Å². The lowest BCUT2D eigenvalue weighted by molar-refractivity contribution is -0.140. The molecule has 0 aliphatic carbocycles. The van der Waals surface area contributed by atoms with Crippen LogP contribution in [0.4, 0.5) is 0 Å². The normalized spacial score (nSPS) is 13.2. The number of fused-ring (bicyclic) bond motifs is 1. The fourth-order valence-corrected chi connectivity index (χ4v) is 3.39. The van der Waals surface area contributed by atoms with E-state index < -0.39 is 6.04 Å². The van der Waals surface area contributed by atoms with Crippen LogP contribution >= 0.6 is 11.6 Å². The summed E-state index contributed by atoms with van der Waals surface area (Å²) < 4.78 is 10.7.